The van der Waals surface area contributed by atoms with Crippen molar-refractivity contribution in [1.82, 2.24) is 19.5 Å². The maximum absolute atomic E-state index is 12.4. The Hall–Kier alpha value is -1.47. The number of nitrogen functional groups attached to an aromatic ring is 1. The van der Waals surface area contributed by atoms with Crippen molar-refractivity contribution >= 4 is 36.7 Å². The Labute approximate surface area is 181 Å². The van der Waals surface area contributed by atoms with Gasteiger partial charge in [-0.2, -0.15) is 4.98 Å². The number of fused-ring (bicyclic) bond motifs is 2. The van der Waals surface area contributed by atoms with Crippen LogP contribution in [-0.4, -0.2) is 55.3 Å². The van der Waals surface area contributed by atoms with Gasteiger partial charge in [-0.15, -0.1) is 0 Å². The van der Waals surface area contributed by atoms with Gasteiger partial charge < -0.3 is 29.5 Å². The van der Waals surface area contributed by atoms with Crippen LogP contribution in [0.5, 0.6) is 0 Å². The van der Waals surface area contributed by atoms with Crippen LogP contribution in [0.15, 0.2) is 9.95 Å². The van der Waals surface area contributed by atoms with Gasteiger partial charge in [-0.05, 0) is 18.8 Å². The first-order valence-corrected chi connectivity index (χ1v) is 12.6. The molecule has 14 heteroatoms. The Bertz CT molecular complexity index is 1090. The average molecular weight is 472 g/mol. The highest BCUT2D eigenvalue weighted by Crippen LogP contribution is 2.50. The summed E-state index contributed by atoms with van der Waals surface area (Å²) < 4.78 is 28.7. The number of ether oxygens (including phenoxy) is 1. The minimum Gasteiger partial charge on any atom is -0.756 e. The molecule has 3 unspecified atom stereocenters. The number of phosphoric ester groups is 1. The van der Waals surface area contributed by atoms with Crippen molar-refractivity contribution in [2.75, 3.05) is 18.1 Å². The molecule has 0 radical (unpaired) electrons. The molecule has 4 N–H and O–H groups in total. The van der Waals surface area contributed by atoms with Gasteiger partial charge in [-0.25, -0.2) is 4.98 Å². The second-order valence-electron chi connectivity index (χ2n) is 8.07. The molecule has 1 saturated carbocycles. The van der Waals surface area contributed by atoms with Gasteiger partial charge in [0.2, 0.25) is 5.95 Å². The SMILES string of the molecule is Nc1nc2c(nc(SCC3CCCCC3)n2[C@@H]2OC3COP(=O)([O-])O[C@H]3C2O)c(=O)[nH]1. The van der Waals surface area contributed by atoms with Crippen molar-refractivity contribution in [2.45, 2.75) is 61.8 Å². The molecule has 3 fully saturated rings. The van der Waals surface area contributed by atoms with Gasteiger partial charge in [-0.3, -0.25) is 18.9 Å². The summed E-state index contributed by atoms with van der Waals surface area (Å²) in [4.78, 5) is 35.2. The van der Waals surface area contributed by atoms with Crippen LogP contribution in [0.1, 0.15) is 38.3 Å². The zero-order chi connectivity index (χ0) is 21.8. The number of aromatic nitrogens is 4. The summed E-state index contributed by atoms with van der Waals surface area (Å²) in [5.74, 6) is 1.22. The first kappa shape index (κ1) is 21.4. The van der Waals surface area contributed by atoms with E-state index >= 15 is 0 Å². The Kier molecular flexibility index (Phi) is 5.62. The third-order valence-corrected chi connectivity index (χ3v) is 8.07. The van der Waals surface area contributed by atoms with Crippen molar-refractivity contribution in [1.29, 1.82) is 0 Å². The minimum absolute atomic E-state index is 0.0673. The fourth-order valence-electron chi connectivity index (χ4n) is 4.40. The van der Waals surface area contributed by atoms with E-state index in [2.05, 4.69) is 15.0 Å². The number of hydrogen-bond donors (Lipinski definition) is 3. The monoisotopic (exact) mass is 472 g/mol. The third kappa shape index (κ3) is 4.04. The molecule has 0 bridgehead atoms. The van der Waals surface area contributed by atoms with Gasteiger partial charge in [0.15, 0.2) is 22.5 Å². The second-order valence-corrected chi connectivity index (χ2v) is 10.4. The standard InChI is InChI=1S/C17H24N5O7PS/c18-16-20-13-10(14(24)21-16)19-17(31-7-8-4-2-1-3-5-8)22(13)15-11(23)12-9(28-15)6-27-30(25,26)29-12/h8-9,11-12,15,23H,1-7H2,(H,25,26)(H3,18,20,21,24)/p-1/t9?,11?,12-,15-/m1/s1. The van der Waals surface area contributed by atoms with Crippen LogP contribution in [0.25, 0.3) is 11.2 Å². The largest absolute Gasteiger partial charge is 0.756 e. The lowest BCUT2D eigenvalue weighted by Crippen LogP contribution is -2.41. The van der Waals surface area contributed by atoms with Gasteiger partial charge in [0.25, 0.3) is 13.4 Å². The Morgan fingerprint density at radius 3 is 2.87 bits per heavy atom. The minimum atomic E-state index is -4.51. The fourth-order valence-corrected chi connectivity index (χ4v) is 6.55. The molecule has 5 atom stereocenters. The molecule has 3 aliphatic rings. The molecule has 170 valence electrons. The second kappa shape index (κ2) is 8.14. The number of aliphatic hydroxyl groups is 1. The topological polar surface area (TPSA) is 178 Å². The quantitative estimate of drug-likeness (QED) is 0.417. The number of hydrogen-bond acceptors (Lipinski definition) is 11. The van der Waals surface area contributed by atoms with E-state index in [4.69, 9.17) is 19.5 Å². The zero-order valence-electron chi connectivity index (χ0n) is 16.5. The summed E-state index contributed by atoms with van der Waals surface area (Å²) in [5.41, 5.74) is 5.45. The first-order valence-electron chi connectivity index (χ1n) is 10.2. The summed E-state index contributed by atoms with van der Waals surface area (Å²) in [5, 5.41) is 11.3. The number of nitrogens with two attached hydrogens (primary N) is 1. The van der Waals surface area contributed by atoms with E-state index in [1.165, 1.54) is 35.6 Å². The third-order valence-electron chi connectivity index (χ3n) is 5.92. The molecule has 4 heterocycles. The van der Waals surface area contributed by atoms with Gasteiger partial charge in [0.1, 0.15) is 18.3 Å². The zero-order valence-corrected chi connectivity index (χ0v) is 18.2. The highest BCUT2D eigenvalue weighted by Gasteiger charge is 2.51. The van der Waals surface area contributed by atoms with Crippen molar-refractivity contribution in [3.05, 3.63) is 10.4 Å². The number of nitrogens with one attached hydrogen (secondary N) is 1. The van der Waals surface area contributed by atoms with Gasteiger partial charge in [-0.1, -0.05) is 31.0 Å². The molecule has 2 aromatic heterocycles. The molecule has 1 aliphatic carbocycles. The van der Waals surface area contributed by atoms with Gasteiger partial charge in [0.05, 0.1) is 6.61 Å². The number of anilines is 1. The van der Waals surface area contributed by atoms with Crippen molar-refractivity contribution in [3.63, 3.8) is 0 Å². The molecule has 12 nitrogen and oxygen atoms in total. The highest BCUT2D eigenvalue weighted by atomic mass is 32.2. The van der Waals surface area contributed by atoms with E-state index in [0.29, 0.717) is 11.1 Å². The van der Waals surface area contributed by atoms with Crippen LogP contribution in [0.4, 0.5) is 5.95 Å². The summed E-state index contributed by atoms with van der Waals surface area (Å²) in [6.45, 7) is -0.271. The van der Waals surface area contributed by atoms with Crippen molar-refractivity contribution in [2.24, 2.45) is 5.92 Å². The van der Waals surface area contributed by atoms with E-state index in [9.17, 15) is 19.4 Å². The first-order chi connectivity index (χ1) is 14.8. The number of aromatic amines is 1. The smallest absolute Gasteiger partial charge is 0.280 e. The molecular weight excluding hydrogens is 449 g/mol. The number of H-pyrrole nitrogens is 1. The maximum atomic E-state index is 12.4. The molecule has 2 aliphatic heterocycles. The number of aliphatic hydroxyl groups excluding tert-OH is 1. The van der Waals surface area contributed by atoms with Crippen LogP contribution >= 0.6 is 19.6 Å². The summed E-state index contributed by atoms with van der Waals surface area (Å²) in [7, 11) is -4.51. The van der Waals surface area contributed by atoms with E-state index in [0.717, 1.165) is 18.6 Å². The lowest BCUT2D eigenvalue weighted by atomic mass is 9.91. The van der Waals surface area contributed by atoms with E-state index in [1.54, 1.807) is 0 Å². The molecule has 2 aromatic rings. The van der Waals surface area contributed by atoms with Crippen molar-refractivity contribution in [3.8, 4) is 0 Å². The van der Waals surface area contributed by atoms with Crippen LogP contribution in [-0.2, 0) is 18.3 Å². The summed E-state index contributed by atoms with van der Waals surface area (Å²) in [6, 6.07) is 0. The predicted molar refractivity (Wildman–Crippen MR) is 108 cm³/mol. The normalized spacial score (nSPS) is 34.3. The van der Waals surface area contributed by atoms with Gasteiger partial charge >= 0.3 is 0 Å². The molecule has 5 rings (SSSR count). The maximum Gasteiger partial charge on any atom is 0.280 e. The molecular formula is C17H23N5O7PS-. The fraction of sp³-hybridized carbons (Fsp3) is 0.706. The number of phosphoric acid groups is 1. The molecule has 0 amide bonds. The van der Waals surface area contributed by atoms with E-state index < -0.39 is 37.9 Å². The lowest BCUT2D eigenvalue weighted by molar-refractivity contribution is -0.245. The number of thioether (sulfide) groups is 1. The van der Waals surface area contributed by atoms with Gasteiger partial charge in [0, 0.05) is 5.75 Å². The number of rotatable bonds is 4. The van der Waals surface area contributed by atoms with E-state index in [1.807, 2.05) is 0 Å². The molecule has 0 spiro atoms. The molecule has 31 heavy (non-hydrogen) atoms. The lowest BCUT2D eigenvalue weighted by Gasteiger charge is -2.34. The summed E-state index contributed by atoms with van der Waals surface area (Å²) >= 11 is 1.45. The Morgan fingerprint density at radius 1 is 1.32 bits per heavy atom. The Balaban J connectivity index is 1.51. The number of nitrogens with zero attached hydrogens (tertiary/aromatic N) is 3. The van der Waals surface area contributed by atoms with E-state index in [-0.39, 0.29) is 23.7 Å². The predicted octanol–water partition coefficient (Wildman–Crippen LogP) is 0.516. The van der Waals surface area contributed by atoms with Crippen molar-refractivity contribution < 1.29 is 28.3 Å². The molecule has 0 aromatic carbocycles. The van der Waals surface area contributed by atoms with Crippen LogP contribution < -0.4 is 16.2 Å². The highest BCUT2D eigenvalue weighted by molar-refractivity contribution is 7.99. The summed E-state index contributed by atoms with van der Waals surface area (Å²) in [6.07, 6.45) is 1.56. The number of imidazole rings is 1. The average Bonchev–Trinajstić information content (AvgIpc) is 3.24. The van der Waals surface area contributed by atoms with Crippen LogP contribution in [0, 0.1) is 5.92 Å². The van der Waals surface area contributed by atoms with Crippen LogP contribution in [0.2, 0.25) is 0 Å². The Morgan fingerprint density at radius 2 is 2.10 bits per heavy atom. The molecule has 2 saturated heterocycles. The van der Waals surface area contributed by atoms with Crippen LogP contribution in [0.3, 0.4) is 0 Å².